The molecule has 1 unspecified atom stereocenters. The molecule has 0 fully saturated rings. The largest absolute Gasteiger partial charge is 0.487 e. The van der Waals surface area contributed by atoms with Gasteiger partial charge in [0.2, 0.25) is 0 Å². The quantitative estimate of drug-likeness (QED) is 0.631. The van der Waals surface area contributed by atoms with Crippen molar-refractivity contribution in [1.29, 1.82) is 0 Å². The number of alkyl halides is 1. The summed E-state index contributed by atoms with van der Waals surface area (Å²) < 4.78 is 6.17. The van der Waals surface area contributed by atoms with Crippen molar-refractivity contribution < 1.29 is 4.74 Å². The van der Waals surface area contributed by atoms with Gasteiger partial charge in [0.05, 0.1) is 0 Å². The van der Waals surface area contributed by atoms with Gasteiger partial charge in [-0.15, -0.1) is 0 Å². The van der Waals surface area contributed by atoms with Crippen LogP contribution < -0.4 is 4.74 Å². The SMILES string of the molecule is CC1(C)CC(Br)c2ccc3ccccc3c2O1. The van der Waals surface area contributed by atoms with Crippen molar-refractivity contribution in [2.75, 3.05) is 0 Å². The molecular weight excluding hydrogens is 276 g/mol. The monoisotopic (exact) mass is 290 g/mol. The van der Waals surface area contributed by atoms with Crippen LogP contribution in [0.15, 0.2) is 36.4 Å². The van der Waals surface area contributed by atoms with Gasteiger partial charge in [-0.2, -0.15) is 0 Å². The molecule has 88 valence electrons. The first-order chi connectivity index (χ1) is 8.07. The minimum absolute atomic E-state index is 0.106. The molecule has 0 saturated carbocycles. The summed E-state index contributed by atoms with van der Waals surface area (Å²) in [4.78, 5) is 0.380. The lowest BCUT2D eigenvalue weighted by Crippen LogP contribution is -2.33. The zero-order chi connectivity index (χ0) is 12.0. The Morgan fingerprint density at radius 3 is 2.76 bits per heavy atom. The topological polar surface area (TPSA) is 9.23 Å². The lowest BCUT2D eigenvalue weighted by Gasteiger charge is -2.36. The fourth-order valence-electron chi connectivity index (χ4n) is 2.48. The molecule has 1 aliphatic rings. The highest BCUT2D eigenvalue weighted by molar-refractivity contribution is 9.09. The van der Waals surface area contributed by atoms with Crippen LogP contribution in [0.5, 0.6) is 5.75 Å². The Hall–Kier alpha value is -1.02. The second-order valence-electron chi connectivity index (χ2n) is 5.24. The summed E-state index contributed by atoms with van der Waals surface area (Å²) in [6.07, 6.45) is 0.998. The maximum atomic E-state index is 6.17. The van der Waals surface area contributed by atoms with Crippen LogP contribution in [0, 0.1) is 0 Å². The van der Waals surface area contributed by atoms with E-state index in [1.165, 1.54) is 16.3 Å². The van der Waals surface area contributed by atoms with E-state index in [9.17, 15) is 0 Å². The van der Waals surface area contributed by atoms with Gasteiger partial charge in [0, 0.05) is 22.2 Å². The number of ether oxygens (including phenoxy) is 1. The third kappa shape index (κ3) is 1.85. The normalized spacial score (nSPS) is 21.9. The molecule has 1 aliphatic heterocycles. The minimum Gasteiger partial charge on any atom is -0.487 e. The van der Waals surface area contributed by atoms with Gasteiger partial charge in [0.25, 0.3) is 0 Å². The molecule has 2 aromatic rings. The van der Waals surface area contributed by atoms with Crippen LogP contribution in [-0.2, 0) is 0 Å². The van der Waals surface area contributed by atoms with E-state index < -0.39 is 0 Å². The Morgan fingerprint density at radius 1 is 1.18 bits per heavy atom. The molecule has 0 aliphatic carbocycles. The Labute approximate surface area is 110 Å². The molecule has 0 saturated heterocycles. The van der Waals surface area contributed by atoms with Crippen LogP contribution in [0.3, 0.4) is 0 Å². The lowest BCUT2D eigenvalue weighted by atomic mass is 9.92. The summed E-state index contributed by atoms with van der Waals surface area (Å²) in [5.74, 6) is 1.04. The molecule has 2 aromatic carbocycles. The second kappa shape index (κ2) is 3.74. The Balaban J connectivity index is 2.28. The highest BCUT2D eigenvalue weighted by atomic mass is 79.9. The first-order valence-corrected chi connectivity index (χ1v) is 6.83. The van der Waals surface area contributed by atoms with Crippen molar-refractivity contribution in [2.45, 2.75) is 30.7 Å². The summed E-state index contributed by atoms with van der Waals surface area (Å²) in [6, 6.07) is 12.7. The zero-order valence-corrected chi connectivity index (χ0v) is 11.6. The van der Waals surface area contributed by atoms with Crippen molar-refractivity contribution in [3.63, 3.8) is 0 Å². The summed E-state index contributed by atoms with van der Waals surface area (Å²) in [5, 5.41) is 2.45. The minimum atomic E-state index is -0.106. The molecular formula is C15H15BrO. The zero-order valence-electron chi connectivity index (χ0n) is 10.0. The molecule has 0 bridgehead atoms. The van der Waals surface area contributed by atoms with E-state index in [1.54, 1.807) is 0 Å². The van der Waals surface area contributed by atoms with Crippen LogP contribution in [0.1, 0.15) is 30.7 Å². The summed E-state index contributed by atoms with van der Waals surface area (Å²) in [6.45, 7) is 4.29. The fraction of sp³-hybridized carbons (Fsp3) is 0.333. The highest BCUT2D eigenvalue weighted by Gasteiger charge is 2.33. The van der Waals surface area contributed by atoms with Gasteiger partial charge in [-0.05, 0) is 19.2 Å². The van der Waals surface area contributed by atoms with Crippen LogP contribution in [0.25, 0.3) is 10.8 Å². The third-order valence-electron chi connectivity index (χ3n) is 3.30. The Bertz CT molecular complexity index is 574. The van der Waals surface area contributed by atoms with Gasteiger partial charge in [0.1, 0.15) is 11.4 Å². The number of rotatable bonds is 0. The molecule has 0 amide bonds. The predicted molar refractivity (Wildman–Crippen MR) is 74.9 cm³/mol. The van der Waals surface area contributed by atoms with E-state index in [2.05, 4.69) is 66.2 Å². The van der Waals surface area contributed by atoms with E-state index >= 15 is 0 Å². The average molecular weight is 291 g/mol. The van der Waals surface area contributed by atoms with Crippen LogP contribution >= 0.6 is 15.9 Å². The van der Waals surface area contributed by atoms with Gasteiger partial charge < -0.3 is 4.74 Å². The maximum Gasteiger partial charge on any atom is 0.132 e. The number of hydrogen-bond acceptors (Lipinski definition) is 1. The van der Waals surface area contributed by atoms with E-state index in [1.807, 2.05) is 0 Å². The van der Waals surface area contributed by atoms with Gasteiger partial charge in [-0.3, -0.25) is 0 Å². The Morgan fingerprint density at radius 2 is 1.94 bits per heavy atom. The molecule has 1 atom stereocenters. The maximum absolute atomic E-state index is 6.17. The Kier molecular flexibility index (Phi) is 2.44. The van der Waals surface area contributed by atoms with Gasteiger partial charge in [-0.25, -0.2) is 0 Å². The number of hydrogen-bond donors (Lipinski definition) is 0. The van der Waals surface area contributed by atoms with Crippen molar-refractivity contribution >= 4 is 26.7 Å². The molecule has 3 rings (SSSR count). The molecule has 0 radical (unpaired) electrons. The van der Waals surface area contributed by atoms with Crippen LogP contribution in [0.2, 0.25) is 0 Å². The molecule has 17 heavy (non-hydrogen) atoms. The van der Waals surface area contributed by atoms with Gasteiger partial charge >= 0.3 is 0 Å². The number of fused-ring (bicyclic) bond motifs is 3. The van der Waals surface area contributed by atoms with E-state index in [-0.39, 0.29) is 5.60 Å². The average Bonchev–Trinajstić information content (AvgIpc) is 2.27. The summed E-state index contributed by atoms with van der Waals surface area (Å²) in [5.41, 5.74) is 1.16. The van der Waals surface area contributed by atoms with E-state index in [4.69, 9.17) is 4.74 Å². The van der Waals surface area contributed by atoms with Crippen LogP contribution in [-0.4, -0.2) is 5.60 Å². The third-order valence-corrected chi connectivity index (χ3v) is 4.11. The smallest absolute Gasteiger partial charge is 0.132 e. The number of halogens is 1. The molecule has 1 heterocycles. The van der Waals surface area contributed by atoms with Crippen molar-refractivity contribution in [3.8, 4) is 5.75 Å². The molecule has 0 spiro atoms. The fourth-order valence-corrected chi connectivity index (χ4v) is 3.62. The van der Waals surface area contributed by atoms with Crippen LogP contribution in [0.4, 0.5) is 0 Å². The number of benzene rings is 2. The van der Waals surface area contributed by atoms with Crippen molar-refractivity contribution in [2.24, 2.45) is 0 Å². The standard InChI is InChI=1S/C15H15BrO/c1-15(2)9-13(16)12-8-7-10-5-3-4-6-11(10)14(12)17-15/h3-8,13H,9H2,1-2H3. The first-order valence-electron chi connectivity index (χ1n) is 5.91. The van der Waals surface area contributed by atoms with E-state index in [0.29, 0.717) is 4.83 Å². The molecule has 2 heteroatoms. The summed E-state index contributed by atoms with van der Waals surface area (Å²) in [7, 11) is 0. The van der Waals surface area contributed by atoms with E-state index in [0.717, 1.165) is 12.2 Å². The van der Waals surface area contributed by atoms with Gasteiger partial charge in [0.15, 0.2) is 0 Å². The van der Waals surface area contributed by atoms with Crippen molar-refractivity contribution in [3.05, 3.63) is 42.0 Å². The first kappa shape index (κ1) is 11.1. The molecule has 0 aromatic heterocycles. The highest BCUT2D eigenvalue weighted by Crippen LogP contribution is 2.46. The molecule has 0 N–H and O–H groups in total. The molecule has 1 nitrogen and oxygen atoms in total. The van der Waals surface area contributed by atoms with Crippen molar-refractivity contribution in [1.82, 2.24) is 0 Å². The predicted octanol–water partition coefficient (Wildman–Crippen LogP) is 4.84. The van der Waals surface area contributed by atoms with Gasteiger partial charge in [-0.1, -0.05) is 52.3 Å². The lowest BCUT2D eigenvalue weighted by molar-refractivity contribution is 0.0864. The second-order valence-corrected chi connectivity index (χ2v) is 6.34. The summed E-state index contributed by atoms with van der Waals surface area (Å²) >= 11 is 3.77.